The number of carboxylic acids is 2. The van der Waals surface area contributed by atoms with Gasteiger partial charge in [0.05, 0.1) is 45.7 Å². The van der Waals surface area contributed by atoms with Crippen LogP contribution in [-0.4, -0.2) is 143 Å². The minimum absolute atomic E-state index is 0.0219. The summed E-state index contributed by atoms with van der Waals surface area (Å²) in [4.78, 5) is 75.0. The molecule has 0 radical (unpaired) electrons. The number of amides is 3. The Morgan fingerprint density at radius 2 is 1.15 bits per heavy atom. The molecule has 0 spiro atoms. The Morgan fingerprint density at radius 3 is 1.66 bits per heavy atom. The normalized spacial score (nSPS) is 11.5. The number of thiol groups is 2. The number of aliphatic carboxylic acids is 2. The standard InChI is InChI=1S/C16H30O3.C13H25N3O5S2.C12H24N2O5/c17-15-13-11-9-7-5-3-1-2-4-6-8-10-12-14-16(18)19;17-10-14-5-6-20-7-8-21-9-12(18)15-4-2-1-3-11(16-23)13(19)22;1-3-18-8-9-19-7-6-14-11(15)5-4-10(13-2)12(16)17/h15H,1-14H2,(H,18,19);10-11,16,23H,1-9H2,(H,14,17)(H,15,18)(H,19,22);10,13H,3-9H2,1-2H3,(H,14,15)(H,16,17). The molecule has 18 nitrogen and oxygen atoms in total. The fourth-order valence-electron chi connectivity index (χ4n) is 5.22. The minimum Gasteiger partial charge on any atom is -0.481 e. The van der Waals surface area contributed by atoms with Gasteiger partial charge in [-0.3, -0.25) is 33.5 Å². The summed E-state index contributed by atoms with van der Waals surface area (Å²) in [6.07, 6.45) is 19.6. The van der Waals surface area contributed by atoms with Crippen molar-refractivity contribution in [3.63, 3.8) is 0 Å². The van der Waals surface area contributed by atoms with Crippen molar-refractivity contribution in [2.75, 3.05) is 79.5 Å². The monoisotopic (exact) mass is 914 g/mol. The van der Waals surface area contributed by atoms with Crippen molar-refractivity contribution in [3.8, 4) is 0 Å². The van der Waals surface area contributed by atoms with E-state index < -0.39 is 18.0 Å². The summed E-state index contributed by atoms with van der Waals surface area (Å²) in [5, 5.41) is 27.5. The third kappa shape index (κ3) is 53.2. The van der Waals surface area contributed by atoms with Crippen molar-refractivity contribution >= 4 is 67.0 Å². The van der Waals surface area contributed by atoms with E-state index >= 15 is 0 Å². The number of hydrogen-bond acceptors (Lipinski definition) is 14. The highest BCUT2D eigenvalue weighted by Crippen LogP contribution is 2.13. The highest BCUT2D eigenvalue weighted by Gasteiger charge is 2.16. The molecule has 0 aliphatic carbocycles. The van der Waals surface area contributed by atoms with Gasteiger partial charge in [-0.05, 0) is 52.5 Å². The van der Waals surface area contributed by atoms with Crippen LogP contribution in [0.4, 0.5) is 0 Å². The van der Waals surface area contributed by atoms with Gasteiger partial charge in [-0.15, -0.1) is 12.6 Å². The van der Waals surface area contributed by atoms with E-state index in [1.165, 1.54) is 57.8 Å². The average Bonchev–Trinajstić information content (AvgIpc) is 3.23. The maximum atomic E-state index is 11.5. The molecule has 0 heterocycles. The zero-order valence-electron chi connectivity index (χ0n) is 36.8. The Balaban J connectivity index is -0.000000833. The molecular formula is C41H79N5O13S2. The Morgan fingerprint density at radius 1 is 0.607 bits per heavy atom. The summed E-state index contributed by atoms with van der Waals surface area (Å²) in [6, 6.07) is -1.06. The quantitative estimate of drug-likeness (QED) is 0.0241. The Bertz CT molecular complexity index is 1080. The van der Waals surface area contributed by atoms with Crippen LogP contribution in [0.2, 0.25) is 0 Å². The van der Waals surface area contributed by atoms with E-state index in [0.29, 0.717) is 85.1 Å². The van der Waals surface area contributed by atoms with E-state index in [1.54, 1.807) is 7.05 Å². The number of carbonyl (C=O) groups is 7. The van der Waals surface area contributed by atoms with Crippen molar-refractivity contribution in [2.45, 2.75) is 141 Å². The molecule has 2 unspecified atom stereocenters. The largest absolute Gasteiger partial charge is 0.481 e. The Kier molecular flexibility index (Phi) is 52.7. The summed E-state index contributed by atoms with van der Waals surface area (Å²) < 4.78 is 23.2. The molecule has 20 heteroatoms. The number of rotatable bonds is 43. The van der Waals surface area contributed by atoms with E-state index in [0.717, 1.165) is 44.8 Å². The zero-order valence-corrected chi connectivity index (χ0v) is 38.6. The summed E-state index contributed by atoms with van der Waals surface area (Å²) in [5.41, 5.74) is 0. The first-order valence-corrected chi connectivity index (χ1v) is 22.6. The van der Waals surface area contributed by atoms with Gasteiger partial charge in [0.25, 0.3) is 0 Å². The van der Waals surface area contributed by atoms with Gasteiger partial charge < -0.3 is 55.2 Å². The molecular weight excluding hydrogens is 835 g/mol. The van der Waals surface area contributed by atoms with Crippen molar-refractivity contribution in [3.05, 3.63) is 0 Å². The molecule has 0 aromatic carbocycles. The van der Waals surface area contributed by atoms with Crippen LogP contribution < -0.4 is 26.0 Å². The van der Waals surface area contributed by atoms with Crippen LogP contribution in [0.15, 0.2) is 0 Å². The molecule has 0 aromatic heterocycles. The number of aldehydes is 1. The lowest BCUT2D eigenvalue weighted by Crippen LogP contribution is -2.36. The number of unbranched alkanes of at least 4 members (excludes halogenated alkanes) is 13. The molecule has 0 bridgehead atoms. The Labute approximate surface area is 375 Å². The number of hydrogen-bond donors (Lipinski definition) is 9. The third-order valence-corrected chi connectivity index (χ3v) is 9.31. The van der Waals surface area contributed by atoms with Crippen LogP contribution in [0.3, 0.4) is 0 Å². The zero-order chi connectivity index (χ0) is 46.0. The molecule has 61 heavy (non-hydrogen) atoms. The third-order valence-electron chi connectivity index (χ3n) is 8.69. The fourth-order valence-corrected chi connectivity index (χ4v) is 5.77. The smallest absolute Gasteiger partial charge is 0.320 e. The van der Waals surface area contributed by atoms with Crippen LogP contribution in [0.1, 0.15) is 129 Å². The van der Waals surface area contributed by atoms with Gasteiger partial charge >= 0.3 is 11.9 Å². The molecule has 0 saturated heterocycles. The molecule has 0 rings (SSSR count). The van der Waals surface area contributed by atoms with E-state index in [9.17, 15) is 33.6 Å². The SMILES string of the molecule is CCOCCOCCNC(=O)CCC(NC)C(=O)O.O=CCCCCCCCCCCCCCCC(=O)O.O=CNCCOCCOCC(=O)NCCCCC(NS)C(=O)S. The summed E-state index contributed by atoms with van der Waals surface area (Å²) in [6.45, 7) is 6.51. The van der Waals surface area contributed by atoms with Crippen LogP contribution in [0, 0.1) is 0 Å². The molecule has 0 aliphatic heterocycles. The number of carbonyl (C=O) groups excluding carboxylic acids is 5. The highest BCUT2D eigenvalue weighted by atomic mass is 32.1. The molecule has 0 fully saturated rings. The van der Waals surface area contributed by atoms with E-state index in [1.807, 2.05) is 6.92 Å². The minimum atomic E-state index is -0.949. The summed E-state index contributed by atoms with van der Waals surface area (Å²) in [7, 11) is 1.56. The van der Waals surface area contributed by atoms with Gasteiger partial charge in [0.1, 0.15) is 18.9 Å². The number of carboxylic acid groups (broad SMARTS) is 2. The lowest BCUT2D eigenvalue weighted by molar-refractivity contribution is -0.140. The lowest BCUT2D eigenvalue weighted by Gasteiger charge is -2.11. The predicted molar refractivity (Wildman–Crippen MR) is 241 cm³/mol. The molecule has 0 aliphatic rings. The van der Waals surface area contributed by atoms with Gasteiger partial charge in [0, 0.05) is 45.5 Å². The molecule has 0 saturated carbocycles. The second-order valence-corrected chi connectivity index (χ2v) is 14.5. The molecule has 2 atom stereocenters. The van der Waals surface area contributed by atoms with Gasteiger partial charge in [0.15, 0.2) is 0 Å². The van der Waals surface area contributed by atoms with Crippen molar-refractivity contribution < 1.29 is 62.7 Å². The topological polar surface area (TPSA) is 257 Å². The van der Waals surface area contributed by atoms with Gasteiger partial charge in [0.2, 0.25) is 23.3 Å². The second kappa shape index (κ2) is 51.5. The van der Waals surface area contributed by atoms with Crippen molar-refractivity contribution in [2.24, 2.45) is 0 Å². The van der Waals surface area contributed by atoms with E-state index in [-0.39, 0.29) is 42.4 Å². The van der Waals surface area contributed by atoms with Gasteiger partial charge in [-0.1, -0.05) is 77.0 Å². The number of nitrogens with one attached hydrogen (secondary N) is 5. The fraction of sp³-hybridized carbons (Fsp3) is 0.829. The van der Waals surface area contributed by atoms with E-state index in [4.69, 9.17) is 29.2 Å². The highest BCUT2D eigenvalue weighted by molar-refractivity contribution is 7.96. The van der Waals surface area contributed by atoms with Gasteiger partial charge in [-0.2, -0.15) is 0 Å². The first-order valence-electron chi connectivity index (χ1n) is 21.7. The van der Waals surface area contributed by atoms with E-state index in [2.05, 4.69) is 51.4 Å². The van der Waals surface area contributed by atoms with Crippen molar-refractivity contribution in [1.82, 2.24) is 26.0 Å². The first kappa shape index (κ1) is 62.4. The number of likely N-dealkylation sites (N-methyl/N-ethyl adjacent to an activating group) is 1. The average molecular weight is 914 g/mol. The number of ether oxygens (including phenoxy) is 4. The molecule has 7 N–H and O–H groups in total. The maximum absolute atomic E-state index is 11.5. The second-order valence-electron chi connectivity index (χ2n) is 13.8. The van der Waals surface area contributed by atoms with Crippen LogP contribution in [-0.2, 0) is 52.5 Å². The lowest BCUT2D eigenvalue weighted by atomic mass is 10.0. The Hall–Kier alpha value is -2.85. The van der Waals surface area contributed by atoms with Crippen LogP contribution in [0.25, 0.3) is 0 Å². The van der Waals surface area contributed by atoms with Crippen LogP contribution in [0.5, 0.6) is 0 Å². The molecule has 358 valence electrons. The molecule has 3 amide bonds. The maximum Gasteiger partial charge on any atom is 0.320 e. The van der Waals surface area contributed by atoms with Crippen molar-refractivity contribution in [1.29, 1.82) is 0 Å². The van der Waals surface area contributed by atoms with Gasteiger partial charge in [-0.25, -0.2) is 0 Å². The predicted octanol–water partition coefficient (Wildman–Crippen LogP) is 3.65. The summed E-state index contributed by atoms with van der Waals surface area (Å²) in [5.74, 6) is -1.99. The summed E-state index contributed by atoms with van der Waals surface area (Å²) >= 11 is 7.60. The first-order chi connectivity index (χ1) is 29.5. The van der Waals surface area contributed by atoms with Crippen LogP contribution >= 0.6 is 25.4 Å². The molecule has 0 aromatic rings.